The van der Waals surface area contributed by atoms with Gasteiger partial charge in [-0.1, -0.05) is 35.5 Å². The van der Waals surface area contributed by atoms with E-state index in [-0.39, 0.29) is 11.9 Å². The Hall–Kier alpha value is -2.73. The maximum absolute atomic E-state index is 12.4. The molecule has 0 bridgehead atoms. The zero-order chi connectivity index (χ0) is 17.1. The predicted molar refractivity (Wildman–Crippen MR) is 91.5 cm³/mol. The number of nitrogens with zero attached hydrogens (tertiary/aromatic N) is 3. The third-order valence-corrected chi connectivity index (χ3v) is 4.01. The average molecular weight is 324 g/mol. The molecule has 24 heavy (non-hydrogen) atoms. The minimum absolute atomic E-state index is 0.162. The molecule has 2 unspecified atom stereocenters. The highest BCUT2D eigenvalue weighted by Crippen LogP contribution is 2.18. The SMILES string of the molecule is CC(CC(O)c1ccccc1)NC(=O)c1ccc2c(c1)nnn2C. The number of hydrogen-bond acceptors (Lipinski definition) is 4. The normalized spacial score (nSPS) is 13.6. The van der Waals surface area contributed by atoms with E-state index in [9.17, 15) is 9.90 Å². The summed E-state index contributed by atoms with van der Waals surface area (Å²) in [5.74, 6) is -0.185. The molecule has 6 nitrogen and oxygen atoms in total. The first kappa shape index (κ1) is 16.1. The van der Waals surface area contributed by atoms with Crippen molar-refractivity contribution in [1.29, 1.82) is 0 Å². The second-order valence-electron chi connectivity index (χ2n) is 5.95. The monoisotopic (exact) mass is 324 g/mol. The molecule has 6 heteroatoms. The highest BCUT2D eigenvalue weighted by Gasteiger charge is 2.16. The lowest BCUT2D eigenvalue weighted by Crippen LogP contribution is -2.33. The van der Waals surface area contributed by atoms with Crippen LogP contribution in [-0.4, -0.2) is 32.0 Å². The Labute approximate surface area is 140 Å². The summed E-state index contributed by atoms with van der Waals surface area (Å²) in [5.41, 5.74) is 2.94. The van der Waals surface area contributed by atoms with E-state index in [0.29, 0.717) is 17.5 Å². The lowest BCUT2D eigenvalue weighted by Gasteiger charge is -2.18. The Morgan fingerprint density at radius 1 is 1.25 bits per heavy atom. The fraction of sp³-hybridized carbons (Fsp3) is 0.278. The van der Waals surface area contributed by atoms with Crippen LogP contribution in [0.15, 0.2) is 48.5 Å². The summed E-state index contributed by atoms with van der Waals surface area (Å²) in [7, 11) is 1.81. The molecule has 0 aliphatic carbocycles. The van der Waals surface area contributed by atoms with Crippen molar-refractivity contribution in [3.8, 4) is 0 Å². The van der Waals surface area contributed by atoms with E-state index in [2.05, 4.69) is 15.6 Å². The van der Waals surface area contributed by atoms with Crippen molar-refractivity contribution in [3.05, 3.63) is 59.7 Å². The van der Waals surface area contributed by atoms with Gasteiger partial charge in [-0.25, -0.2) is 4.68 Å². The molecule has 1 amide bonds. The number of hydrogen-bond donors (Lipinski definition) is 2. The first-order chi connectivity index (χ1) is 11.5. The molecule has 0 fully saturated rings. The van der Waals surface area contributed by atoms with E-state index < -0.39 is 6.10 Å². The van der Waals surface area contributed by atoms with E-state index in [0.717, 1.165) is 11.1 Å². The van der Waals surface area contributed by atoms with Crippen LogP contribution >= 0.6 is 0 Å². The highest BCUT2D eigenvalue weighted by molar-refractivity contribution is 5.97. The summed E-state index contributed by atoms with van der Waals surface area (Å²) < 4.78 is 1.66. The summed E-state index contributed by atoms with van der Waals surface area (Å²) in [5, 5.41) is 21.1. The van der Waals surface area contributed by atoms with Crippen molar-refractivity contribution in [3.63, 3.8) is 0 Å². The predicted octanol–water partition coefficient (Wildman–Crippen LogP) is 2.21. The molecule has 1 heterocycles. The van der Waals surface area contributed by atoms with E-state index in [1.54, 1.807) is 16.8 Å². The van der Waals surface area contributed by atoms with Crippen molar-refractivity contribution in [1.82, 2.24) is 20.3 Å². The van der Waals surface area contributed by atoms with Gasteiger partial charge in [-0.05, 0) is 37.1 Å². The van der Waals surface area contributed by atoms with Crippen LogP contribution in [0.3, 0.4) is 0 Å². The van der Waals surface area contributed by atoms with Crippen LogP contribution in [0.4, 0.5) is 0 Å². The number of aromatic nitrogens is 3. The van der Waals surface area contributed by atoms with Gasteiger partial charge < -0.3 is 10.4 Å². The van der Waals surface area contributed by atoms with E-state index >= 15 is 0 Å². The minimum Gasteiger partial charge on any atom is -0.388 e. The Morgan fingerprint density at radius 3 is 2.75 bits per heavy atom. The second kappa shape index (κ2) is 6.80. The van der Waals surface area contributed by atoms with Crippen molar-refractivity contribution in [2.24, 2.45) is 7.05 Å². The van der Waals surface area contributed by atoms with E-state index in [1.807, 2.05) is 50.4 Å². The second-order valence-corrected chi connectivity index (χ2v) is 5.95. The van der Waals surface area contributed by atoms with Crippen LogP contribution in [0.1, 0.15) is 35.4 Å². The molecule has 0 saturated heterocycles. The maximum atomic E-state index is 12.4. The lowest BCUT2D eigenvalue weighted by molar-refractivity contribution is 0.0917. The number of amides is 1. The third kappa shape index (κ3) is 3.44. The Morgan fingerprint density at radius 2 is 2.00 bits per heavy atom. The molecule has 0 spiro atoms. The first-order valence-electron chi connectivity index (χ1n) is 7.88. The summed E-state index contributed by atoms with van der Waals surface area (Å²) in [6.07, 6.45) is -0.160. The Balaban J connectivity index is 1.64. The van der Waals surface area contributed by atoms with Gasteiger partial charge in [0.1, 0.15) is 5.52 Å². The number of carbonyl (C=O) groups excluding carboxylic acids is 1. The number of aliphatic hydroxyl groups excluding tert-OH is 1. The fourth-order valence-corrected chi connectivity index (χ4v) is 2.69. The summed E-state index contributed by atoms with van der Waals surface area (Å²) >= 11 is 0. The topological polar surface area (TPSA) is 80.0 Å². The average Bonchev–Trinajstić information content (AvgIpc) is 2.96. The Bertz CT molecular complexity index is 845. The number of nitrogens with one attached hydrogen (secondary N) is 1. The van der Waals surface area contributed by atoms with Crippen LogP contribution in [-0.2, 0) is 7.05 Å². The quantitative estimate of drug-likeness (QED) is 0.754. The van der Waals surface area contributed by atoms with Crippen LogP contribution in [0, 0.1) is 0 Å². The van der Waals surface area contributed by atoms with Crippen molar-refractivity contribution in [2.75, 3.05) is 0 Å². The number of fused-ring (bicyclic) bond motifs is 1. The molecule has 1 aromatic heterocycles. The largest absolute Gasteiger partial charge is 0.388 e. The summed E-state index contributed by atoms with van der Waals surface area (Å²) in [6, 6.07) is 14.6. The van der Waals surface area contributed by atoms with Crippen molar-refractivity contribution in [2.45, 2.75) is 25.5 Å². The summed E-state index contributed by atoms with van der Waals surface area (Å²) in [6.45, 7) is 1.88. The smallest absolute Gasteiger partial charge is 0.251 e. The Kier molecular flexibility index (Phi) is 4.57. The zero-order valence-corrected chi connectivity index (χ0v) is 13.7. The molecule has 0 radical (unpaired) electrons. The van der Waals surface area contributed by atoms with Gasteiger partial charge in [0, 0.05) is 18.7 Å². The third-order valence-electron chi connectivity index (χ3n) is 4.01. The molecule has 0 aliphatic heterocycles. The molecular weight excluding hydrogens is 304 g/mol. The van der Waals surface area contributed by atoms with E-state index in [1.165, 1.54) is 0 Å². The van der Waals surface area contributed by atoms with Crippen LogP contribution in [0.25, 0.3) is 11.0 Å². The molecule has 0 saturated carbocycles. The molecule has 3 aromatic rings. The number of carbonyl (C=O) groups is 1. The van der Waals surface area contributed by atoms with E-state index in [4.69, 9.17) is 0 Å². The fourth-order valence-electron chi connectivity index (χ4n) is 2.69. The van der Waals surface area contributed by atoms with Gasteiger partial charge in [-0.3, -0.25) is 4.79 Å². The number of aliphatic hydroxyl groups is 1. The van der Waals surface area contributed by atoms with Gasteiger partial charge in [0.05, 0.1) is 11.6 Å². The molecule has 2 atom stereocenters. The standard InChI is InChI=1S/C18H20N4O2/c1-12(10-17(23)13-6-4-3-5-7-13)19-18(24)14-8-9-16-15(11-14)20-21-22(16)2/h3-9,11-12,17,23H,10H2,1-2H3,(H,19,24). The van der Waals surface area contributed by atoms with Crippen molar-refractivity contribution < 1.29 is 9.90 Å². The highest BCUT2D eigenvalue weighted by atomic mass is 16.3. The number of rotatable bonds is 5. The maximum Gasteiger partial charge on any atom is 0.251 e. The van der Waals surface area contributed by atoms with Crippen LogP contribution in [0.2, 0.25) is 0 Å². The van der Waals surface area contributed by atoms with Crippen molar-refractivity contribution >= 4 is 16.9 Å². The van der Waals surface area contributed by atoms with Gasteiger partial charge in [0.15, 0.2) is 0 Å². The summed E-state index contributed by atoms with van der Waals surface area (Å²) in [4.78, 5) is 12.4. The van der Waals surface area contributed by atoms with Crippen LogP contribution < -0.4 is 5.32 Å². The first-order valence-corrected chi connectivity index (χ1v) is 7.88. The lowest BCUT2D eigenvalue weighted by atomic mass is 10.0. The number of aryl methyl sites for hydroxylation is 1. The number of benzene rings is 2. The minimum atomic E-state index is -0.607. The van der Waals surface area contributed by atoms with Gasteiger partial charge in [0.25, 0.3) is 5.91 Å². The molecule has 0 aliphatic rings. The van der Waals surface area contributed by atoms with Gasteiger partial charge in [-0.2, -0.15) is 0 Å². The van der Waals surface area contributed by atoms with Crippen LogP contribution in [0.5, 0.6) is 0 Å². The van der Waals surface area contributed by atoms with Gasteiger partial charge in [0.2, 0.25) is 0 Å². The molecule has 2 N–H and O–H groups in total. The van der Waals surface area contributed by atoms with Gasteiger partial charge in [-0.15, -0.1) is 5.10 Å². The molecule has 2 aromatic carbocycles. The zero-order valence-electron chi connectivity index (χ0n) is 13.7. The molecule has 3 rings (SSSR count). The molecule has 124 valence electrons. The molecular formula is C18H20N4O2. The van der Waals surface area contributed by atoms with Gasteiger partial charge >= 0.3 is 0 Å².